The van der Waals surface area contributed by atoms with Crippen LogP contribution in [-0.2, 0) is 21.1 Å². The van der Waals surface area contributed by atoms with Gasteiger partial charge >= 0.3 is 0 Å². The highest BCUT2D eigenvalue weighted by Crippen LogP contribution is 2.36. The molecule has 1 aliphatic carbocycles. The number of rotatable bonds is 8. The number of benzene rings is 2. The number of anilines is 1. The van der Waals surface area contributed by atoms with Crippen molar-refractivity contribution in [2.75, 3.05) is 25.3 Å². The minimum Gasteiger partial charge on any atom is -0.493 e. The first kappa shape index (κ1) is 20.6. The smallest absolute Gasteiger partial charge is 0.230 e. The fraction of sp³-hybridized carbons (Fsp3) is 0.333. The summed E-state index contributed by atoms with van der Waals surface area (Å²) in [6, 6.07) is 10.1. The highest BCUT2D eigenvalue weighted by atomic mass is 32.2. The van der Waals surface area contributed by atoms with Crippen LogP contribution in [0.1, 0.15) is 18.4 Å². The number of nitrogens with zero attached hydrogens (tertiary/aromatic N) is 1. The molecule has 7 nitrogen and oxygen atoms in total. The van der Waals surface area contributed by atoms with E-state index in [4.69, 9.17) is 9.47 Å². The maximum atomic E-state index is 12.4. The molecular weight excluding hydrogens is 424 g/mol. The minimum atomic E-state index is -3.25. The topological polar surface area (TPSA) is 94.6 Å². The van der Waals surface area contributed by atoms with Gasteiger partial charge in [-0.1, -0.05) is 23.5 Å². The summed E-state index contributed by atoms with van der Waals surface area (Å²) < 4.78 is 36.1. The number of aromatic nitrogens is 1. The maximum Gasteiger partial charge on any atom is 0.230 e. The van der Waals surface area contributed by atoms with Crippen LogP contribution in [-0.4, -0.2) is 39.3 Å². The number of hydrogen-bond acceptors (Lipinski definition) is 7. The number of carbonyl (C=O) groups is 1. The fourth-order valence-electron chi connectivity index (χ4n) is 3.16. The Morgan fingerprint density at radius 1 is 1.13 bits per heavy atom. The second-order valence-corrected chi connectivity index (χ2v) is 10.4. The molecule has 158 valence electrons. The number of methoxy groups -OCH3 is 2. The quantitative estimate of drug-likeness (QED) is 0.567. The number of amides is 1. The molecule has 0 saturated heterocycles. The van der Waals surface area contributed by atoms with E-state index in [1.807, 2.05) is 6.07 Å². The number of fused-ring (bicyclic) bond motifs is 1. The lowest BCUT2D eigenvalue weighted by molar-refractivity contribution is -0.115. The normalized spacial score (nSPS) is 13.9. The lowest BCUT2D eigenvalue weighted by Crippen LogP contribution is -2.14. The highest BCUT2D eigenvalue weighted by molar-refractivity contribution is 7.91. The van der Waals surface area contributed by atoms with Gasteiger partial charge in [-0.15, -0.1) is 0 Å². The summed E-state index contributed by atoms with van der Waals surface area (Å²) in [4.78, 5) is 17.2. The molecule has 1 heterocycles. The zero-order valence-corrected chi connectivity index (χ0v) is 18.3. The van der Waals surface area contributed by atoms with E-state index in [1.54, 1.807) is 44.6 Å². The van der Waals surface area contributed by atoms with Gasteiger partial charge in [0.15, 0.2) is 26.5 Å². The van der Waals surface area contributed by atoms with E-state index in [2.05, 4.69) is 10.3 Å². The van der Waals surface area contributed by atoms with Gasteiger partial charge in [0.1, 0.15) is 0 Å². The number of carbonyl (C=O) groups excluding carboxylic acids is 1. The van der Waals surface area contributed by atoms with E-state index in [-0.39, 0.29) is 18.1 Å². The van der Waals surface area contributed by atoms with Crippen LogP contribution in [0.5, 0.6) is 11.5 Å². The summed E-state index contributed by atoms with van der Waals surface area (Å²) in [5.74, 6) is 1.46. The molecule has 1 saturated carbocycles. The monoisotopic (exact) mass is 446 g/mol. The van der Waals surface area contributed by atoms with Crippen LogP contribution < -0.4 is 14.8 Å². The lowest BCUT2D eigenvalue weighted by Gasteiger charge is -2.06. The Kier molecular flexibility index (Phi) is 5.66. The van der Waals surface area contributed by atoms with Gasteiger partial charge < -0.3 is 14.8 Å². The Labute approximate surface area is 179 Å². The van der Waals surface area contributed by atoms with Crippen molar-refractivity contribution in [3.8, 4) is 11.5 Å². The average molecular weight is 447 g/mol. The Hall–Kier alpha value is -2.65. The van der Waals surface area contributed by atoms with Crippen molar-refractivity contribution in [2.45, 2.75) is 24.2 Å². The number of sulfone groups is 1. The van der Waals surface area contributed by atoms with Crippen LogP contribution in [0, 0.1) is 5.92 Å². The molecule has 1 aliphatic rings. The molecule has 0 spiro atoms. The molecule has 0 aliphatic heterocycles. The van der Waals surface area contributed by atoms with Crippen LogP contribution in [0.3, 0.4) is 0 Å². The van der Waals surface area contributed by atoms with Gasteiger partial charge in [0.25, 0.3) is 0 Å². The molecule has 30 heavy (non-hydrogen) atoms. The zero-order valence-electron chi connectivity index (χ0n) is 16.7. The van der Waals surface area contributed by atoms with E-state index in [0.29, 0.717) is 33.0 Å². The molecule has 0 atom stereocenters. The second kappa shape index (κ2) is 8.23. The third kappa shape index (κ3) is 4.57. The van der Waals surface area contributed by atoms with Gasteiger partial charge in [0.2, 0.25) is 5.91 Å². The molecule has 1 aromatic heterocycles. The number of nitrogens with one attached hydrogen (secondary N) is 1. The van der Waals surface area contributed by atoms with Gasteiger partial charge in [-0.25, -0.2) is 13.4 Å². The molecule has 0 radical (unpaired) electrons. The van der Waals surface area contributed by atoms with E-state index in [0.717, 1.165) is 23.1 Å². The van der Waals surface area contributed by atoms with Crippen molar-refractivity contribution in [3.63, 3.8) is 0 Å². The summed E-state index contributed by atoms with van der Waals surface area (Å²) in [5, 5.41) is 3.28. The maximum absolute atomic E-state index is 12.4. The predicted octanol–water partition coefficient (Wildman–Crippen LogP) is 3.68. The number of hydrogen-bond donors (Lipinski definition) is 1. The Bertz CT molecular complexity index is 1140. The van der Waals surface area contributed by atoms with Gasteiger partial charge in [-0.05, 0) is 36.5 Å². The molecule has 1 N–H and O–H groups in total. The first-order chi connectivity index (χ1) is 14.4. The molecule has 1 amide bonds. The van der Waals surface area contributed by atoms with Gasteiger partial charge in [0, 0.05) is 12.1 Å². The highest BCUT2D eigenvalue weighted by Gasteiger charge is 2.29. The van der Waals surface area contributed by atoms with Gasteiger partial charge in [-0.2, -0.15) is 0 Å². The summed E-state index contributed by atoms with van der Waals surface area (Å²) in [6.07, 6.45) is 2.11. The lowest BCUT2D eigenvalue weighted by atomic mass is 10.1. The standard InChI is InChI=1S/C21H22N2O5S2/c1-27-17-10-16-19(11-18(17)28-2)29-21(22-16)23-20(24)9-13-5-7-15(8-6-13)30(25,26)12-14-3-4-14/h5-8,10-11,14H,3-4,9,12H2,1-2H3,(H,22,23,24). The molecule has 4 rings (SSSR count). The SMILES string of the molecule is COc1cc2nc(NC(=O)Cc3ccc(S(=O)(=O)CC4CC4)cc3)sc2cc1OC. The van der Waals surface area contributed by atoms with Crippen molar-refractivity contribution in [1.29, 1.82) is 0 Å². The zero-order chi connectivity index (χ0) is 21.3. The Balaban J connectivity index is 1.43. The average Bonchev–Trinajstić information content (AvgIpc) is 3.43. The minimum absolute atomic E-state index is 0.130. The molecular formula is C21H22N2O5S2. The van der Waals surface area contributed by atoms with Crippen molar-refractivity contribution < 1.29 is 22.7 Å². The Morgan fingerprint density at radius 2 is 1.80 bits per heavy atom. The number of thiazole rings is 1. The molecule has 9 heteroatoms. The van der Waals surface area contributed by atoms with E-state index >= 15 is 0 Å². The summed E-state index contributed by atoms with van der Waals surface area (Å²) in [7, 11) is -0.124. The molecule has 0 unspecified atom stereocenters. The second-order valence-electron chi connectivity index (χ2n) is 7.29. The van der Waals surface area contributed by atoms with E-state index in [9.17, 15) is 13.2 Å². The van der Waals surface area contributed by atoms with Crippen LogP contribution in [0.25, 0.3) is 10.2 Å². The van der Waals surface area contributed by atoms with Crippen molar-refractivity contribution in [2.24, 2.45) is 5.92 Å². The van der Waals surface area contributed by atoms with Crippen LogP contribution in [0.4, 0.5) is 5.13 Å². The van der Waals surface area contributed by atoms with Crippen molar-refractivity contribution in [3.05, 3.63) is 42.0 Å². The predicted molar refractivity (Wildman–Crippen MR) is 116 cm³/mol. The fourth-order valence-corrected chi connectivity index (χ4v) is 5.75. The van der Waals surface area contributed by atoms with Crippen LogP contribution in [0.15, 0.2) is 41.3 Å². The summed E-state index contributed by atoms with van der Waals surface area (Å²) in [5.41, 5.74) is 1.44. The molecule has 1 fully saturated rings. The Morgan fingerprint density at radius 3 is 2.43 bits per heavy atom. The van der Waals surface area contributed by atoms with Gasteiger partial charge in [0.05, 0.1) is 41.5 Å². The summed E-state index contributed by atoms with van der Waals surface area (Å²) >= 11 is 1.34. The molecule has 3 aromatic rings. The number of ether oxygens (including phenoxy) is 2. The van der Waals surface area contributed by atoms with E-state index in [1.165, 1.54) is 11.3 Å². The third-order valence-electron chi connectivity index (χ3n) is 4.94. The van der Waals surface area contributed by atoms with Crippen LogP contribution in [0.2, 0.25) is 0 Å². The first-order valence-electron chi connectivity index (χ1n) is 9.52. The van der Waals surface area contributed by atoms with Crippen molar-refractivity contribution in [1.82, 2.24) is 4.98 Å². The van der Waals surface area contributed by atoms with Gasteiger partial charge in [-0.3, -0.25) is 4.79 Å². The van der Waals surface area contributed by atoms with Crippen molar-refractivity contribution >= 4 is 42.4 Å². The van der Waals surface area contributed by atoms with Crippen LogP contribution >= 0.6 is 11.3 Å². The molecule has 2 aromatic carbocycles. The first-order valence-corrected chi connectivity index (χ1v) is 12.0. The molecule has 0 bridgehead atoms. The summed E-state index contributed by atoms with van der Waals surface area (Å²) in [6.45, 7) is 0. The third-order valence-corrected chi connectivity index (χ3v) is 7.77. The largest absolute Gasteiger partial charge is 0.493 e. The van der Waals surface area contributed by atoms with E-state index < -0.39 is 9.84 Å².